The lowest BCUT2D eigenvalue weighted by Crippen LogP contribution is -2.38. The van der Waals surface area contributed by atoms with Crippen LogP contribution in [0.4, 0.5) is 0 Å². The number of fused-ring (bicyclic) bond motifs is 5. The van der Waals surface area contributed by atoms with E-state index in [0.717, 1.165) is 24.3 Å². The van der Waals surface area contributed by atoms with Gasteiger partial charge in [-0.05, 0) is 63.9 Å². The third-order valence-corrected chi connectivity index (χ3v) is 10.4. The smallest absolute Gasteiger partial charge is 0.228 e. The number of aryl methyl sites for hydroxylation is 3. The fourth-order valence-corrected chi connectivity index (χ4v) is 8.10. The number of aromatic nitrogens is 1. The van der Waals surface area contributed by atoms with Crippen molar-refractivity contribution in [3.8, 4) is 22.8 Å². The van der Waals surface area contributed by atoms with Gasteiger partial charge in [-0.3, -0.25) is 0 Å². The standard InChI is InChI=1S/C35H40NOSi/c1-10-22-14-15-24-26(18-22)21(2)31-33-32-25(16-17-36(33)6)23-12-11-13-30(38(7,8)9)27(23)19-29(32)37-34(31)28(24)20-35(3,4)5/h11-19H,10,20H2,1-9H3/q+1. The van der Waals surface area contributed by atoms with Gasteiger partial charge >= 0.3 is 0 Å². The molecule has 0 atom stereocenters. The van der Waals surface area contributed by atoms with Crippen LogP contribution in [0.25, 0.3) is 43.6 Å². The number of hydrogen-bond acceptors (Lipinski definition) is 1. The molecule has 3 heteroatoms. The predicted molar refractivity (Wildman–Crippen MR) is 166 cm³/mol. The highest BCUT2D eigenvalue weighted by Gasteiger charge is 2.35. The summed E-state index contributed by atoms with van der Waals surface area (Å²) < 4.78 is 9.42. The van der Waals surface area contributed by atoms with Crippen molar-refractivity contribution >= 4 is 45.6 Å². The summed E-state index contributed by atoms with van der Waals surface area (Å²) in [5, 5.41) is 9.38. The van der Waals surface area contributed by atoms with Crippen LogP contribution in [0.2, 0.25) is 19.6 Å². The van der Waals surface area contributed by atoms with Crippen LogP contribution in [0.15, 0.2) is 54.7 Å². The summed E-state index contributed by atoms with van der Waals surface area (Å²) in [5.74, 6) is 2.05. The topological polar surface area (TPSA) is 13.1 Å². The zero-order chi connectivity index (χ0) is 27.1. The van der Waals surface area contributed by atoms with Crippen LogP contribution in [-0.4, -0.2) is 8.07 Å². The molecular formula is C35H40NOSi+. The van der Waals surface area contributed by atoms with E-state index in [9.17, 15) is 0 Å². The Morgan fingerprint density at radius 2 is 1.63 bits per heavy atom. The van der Waals surface area contributed by atoms with Crippen LogP contribution in [0.3, 0.4) is 0 Å². The molecule has 0 N–H and O–H groups in total. The molecule has 6 rings (SSSR count). The molecule has 1 aliphatic rings. The summed E-state index contributed by atoms with van der Waals surface area (Å²) in [6.45, 7) is 18.8. The zero-order valence-electron chi connectivity index (χ0n) is 24.5. The lowest BCUT2D eigenvalue weighted by molar-refractivity contribution is -0.659. The summed E-state index contributed by atoms with van der Waals surface area (Å²) in [6, 6.07) is 18.6. The Labute approximate surface area is 228 Å². The van der Waals surface area contributed by atoms with E-state index in [0.29, 0.717) is 0 Å². The second kappa shape index (κ2) is 8.41. The van der Waals surface area contributed by atoms with Gasteiger partial charge in [0.25, 0.3) is 0 Å². The molecule has 0 saturated heterocycles. The molecule has 0 aliphatic carbocycles. The van der Waals surface area contributed by atoms with E-state index in [4.69, 9.17) is 4.74 Å². The first-order valence-corrected chi connectivity index (χ1v) is 17.5. The van der Waals surface area contributed by atoms with Crippen molar-refractivity contribution in [1.82, 2.24) is 0 Å². The van der Waals surface area contributed by atoms with Gasteiger partial charge in [0.15, 0.2) is 6.20 Å². The molecule has 1 aliphatic heterocycles. The van der Waals surface area contributed by atoms with E-state index in [1.54, 1.807) is 0 Å². The average Bonchev–Trinajstić information content (AvgIpc) is 2.85. The number of benzene rings is 4. The van der Waals surface area contributed by atoms with Crippen LogP contribution in [0.5, 0.6) is 11.5 Å². The molecule has 2 heterocycles. The largest absolute Gasteiger partial charge is 0.455 e. The van der Waals surface area contributed by atoms with Gasteiger partial charge in [0.2, 0.25) is 5.69 Å². The third kappa shape index (κ3) is 3.78. The van der Waals surface area contributed by atoms with Gasteiger partial charge in [-0.1, -0.05) is 88.9 Å². The van der Waals surface area contributed by atoms with Crippen LogP contribution in [-0.2, 0) is 19.9 Å². The minimum absolute atomic E-state index is 0.131. The molecule has 0 radical (unpaired) electrons. The molecule has 1 aromatic heterocycles. The number of ether oxygens (including phenoxy) is 1. The summed E-state index contributed by atoms with van der Waals surface area (Å²) >= 11 is 0. The van der Waals surface area contributed by atoms with E-state index in [1.807, 2.05) is 0 Å². The second-order valence-corrected chi connectivity index (χ2v) is 18.5. The Morgan fingerprint density at radius 1 is 0.868 bits per heavy atom. The monoisotopic (exact) mass is 518 g/mol. The Bertz CT molecular complexity index is 1780. The SMILES string of the molecule is CCc1ccc2c(CC(C)(C)C)c3c(c(C)c2c1)-c1c2c(cc4c([Si](C)(C)C)cccc4c2cc[n+]1C)O3. The lowest BCUT2D eigenvalue weighted by atomic mass is 9.81. The molecule has 4 aromatic carbocycles. The van der Waals surface area contributed by atoms with Crippen molar-refractivity contribution in [3.63, 3.8) is 0 Å². The summed E-state index contributed by atoms with van der Waals surface area (Å²) in [4.78, 5) is 0. The molecule has 2 nitrogen and oxygen atoms in total. The highest BCUT2D eigenvalue weighted by Crippen LogP contribution is 2.52. The maximum absolute atomic E-state index is 7.10. The molecule has 5 aromatic rings. The Morgan fingerprint density at radius 3 is 2.32 bits per heavy atom. The molecular weight excluding hydrogens is 478 g/mol. The number of nitrogens with zero attached hydrogens (tertiary/aromatic N) is 1. The summed E-state index contributed by atoms with van der Waals surface area (Å²) in [6.07, 6.45) is 4.24. The minimum Gasteiger partial charge on any atom is -0.455 e. The van der Waals surface area contributed by atoms with Crippen molar-refractivity contribution in [2.45, 2.75) is 67.1 Å². The fourth-order valence-electron chi connectivity index (χ4n) is 6.49. The van der Waals surface area contributed by atoms with E-state index < -0.39 is 8.07 Å². The maximum atomic E-state index is 7.10. The number of pyridine rings is 1. The molecule has 0 bridgehead atoms. The number of rotatable bonds is 3. The highest BCUT2D eigenvalue weighted by molar-refractivity contribution is 6.90. The highest BCUT2D eigenvalue weighted by atomic mass is 28.3. The minimum atomic E-state index is -1.56. The van der Waals surface area contributed by atoms with Gasteiger partial charge in [0, 0.05) is 17.0 Å². The maximum Gasteiger partial charge on any atom is 0.228 e. The second-order valence-electron chi connectivity index (χ2n) is 13.5. The Balaban J connectivity index is 1.80. The van der Waals surface area contributed by atoms with Gasteiger partial charge in [-0.2, -0.15) is 0 Å². The summed E-state index contributed by atoms with van der Waals surface area (Å²) in [5.41, 5.74) is 6.68. The van der Waals surface area contributed by atoms with E-state index in [2.05, 4.69) is 121 Å². The van der Waals surface area contributed by atoms with Crippen LogP contribution >= 0.6 is 0 Å². The first-order chi connectivity index (χ1) is 17.9. The van der Waals surface area contributed by atoms with Gasteiger partial charge < -0.3 is 4.74 Å². The quantitative estimate of drug-likeness (QED) is 0.130. The lowest BCUT2D eigenvalue weighted by Gasteiger charge is -2.29. The normalized spacial score (nSPS) is 13.3. The molecule has 0 saturated carbocycles. The van der Waals surface area contributed by atoms with Crippen molar-refractivity contribution in [2.24, 2.45) is 12.5 Å². The van der Waals surface area contributed by atoms with Gasteiger partial charge in [-0.25, -0.2) is 4.57 Å². The Hall–Kier alpha value is -3.17. The zero-order valence-corrected chi connectivity index (χ0v) is 25.5. The molecule has 38 heavy (non-hydrogen) atoms. The van der Waals surface area contributed by atoms with Crippen molar-refractivity contribution < 1.29 is 9.30 Å². The van der Waals surface area contributed by atoms with Gasteiger partial charge in [0.1, 0.15) is 18.5 Å². The first kappa shape index (κ1) is 25.1. The first-order valence-electron chi connectivity index (χ1n) is 14.0. The van der Waals surface area contributed by atoms with Crippen molar-refractivity contribution in [1.29, 1.82) is 0 Å². The Kier molecular flexibility index (Phi) is 5.56. The molecule has 194 valence electrons. The van der Waals surface area contributed by atoms with Gasteiger partial charge in [0.05, 0.1) is 19.0 Å². The fraction of sp³-hybridized carbons (Fsp3) is 0.343. The molecule has 0 amide bonds. The van der Waals surface area contributed by atoms with E-state index in [-0.39, 0.29) is 5.41 Å². The molecule has 0 spiro atoms. The van der Waals surface area contributed by atoms with Crippen molar-refractivity contribution in [2.75, 3.05) is 0 Å². The average molecular weight is 519 g/mol. The van der Waals surface area contributed by atoms with Crippen LogP contribution < -0.4 is 14.5 Å². The molecule has 0 fully saturated rings. The van der Waals surface area contributed by atoms with E-state index >= 15 is 0 Å². The predicted octanol–water partition coefficient (Wildman–Crippen LogP) is 8.75. The van der Waals surface area contributed by atoms with E-state index in [1.165, 1.54) is 65.5 Å². The number of hydrogen-bond donors (Lipinski definition) is 0. The van der Waals surface area contributed by atoms with Gasteiger partial charge in [-0.15, -0.1) is 0 Å². The van der Waals surface area contributed by atoms with Crippen LogP contribution in [0.1, 0.15) is 44.4 Å². The molecule has 0 unspecified atom stereocenters. The van der Waals surface area contributed by atoms with Crippen LogP contribution in [0, 0.1) is 12.3 Å². The summed E-state index contributed by atoms with van der Waals surface area (Å²) in [7, 11) is 0.630. The third-order valence-electron chi connectivity index (χ3n) is 8.30. The van der Waals surface area contributed by atoms with Crippen molar-refractivity contribution in [3.05, 3.63) is 71.4 Å².